The van der Waals surface area contributed by atoms with Crippen LogP contribution >= 0.6 is 0 Å². The maximum absolute atomic E-state index is 12.5. The van der Waals surface area contributed by atoms with Gasteiger partial charge in [0.05, 0.1) is 6.42 Å². The molecule has 3 aliphatic heterocycles. The van der Waals surface area contributed by atoms with Crippen LogP contribution in [0.5, 0.6) is 11.5 Å². The number of carbonyl (C=O) groups excluding carboxylic acids is 3. The van der Waals surface area contributed by atoms with E-state index in [0.29, 0.717) is 17.1 Å². The Balaban J connectivity index is 1.53. The third-order valence-corrected chi connectivity index (χ3v) is 4.83. The van der Waals surface area contributed by atoms with E-state index in [9.17, 15) is 14.4 Å². The van der Waals surface area contributed by atoms with Crippen molar-refractivity contribution < 1.29 is 33.3 Å². The van der Waals surface area contributed by atoms with Gasteiger partial charge < -0.3 is 23.8 Å². The molecule has 142 valence electrons. The molecule has 0 radical (unpaired) electrons. The zero-order valence-corrected chi connectivity index (χ0v) is 14.8. The molecule has 0 aliphatic carbocycles. The van der Waals surface area contributed by atoms with Crippen LogP contribution in [0.25, 0.3) is 0 Å². The van der Waals surface area contributed by atoms with Crippen molar-refractivity contribution in [3.05, 3.63) is 35.9 Å². The van der Waals surface area contributed by atoms with Crippen LogP contribution in [0.4, 0.5) is 0 Å². The van der Waals surface area contributed by atoms with Crippen LogP contribution in [0.2, 0.25) is 0 Å². The average Bonchev–Trinajstić information content (AvgIpc) is 2.77. The Bertz CT molecular complexity index is 803. The molecule has 0 aromatic heterocycles. The molecule has 0 bridgehead atoms. The van der Waals surface area contributed by atoms with Crippen LogP contribution in [0.15, 0.2) is 30.4 Å². The molecular formula is C19H19NO7. The summed E-state index contributed by atoms with van der Waals surface area (Å²) in [6.45, 7) is 1.94. The van der Waals surface area contributed by atoms with Crippen LogP contribution in [0.1, 0.15) is 18.4 Å². The molecular weight excluding hydrogens is 354 g/mol. The summed E-state index contributed by atoms with van der Waals surface area (Å²) in [6, 6.07) is 5.12. The maximum atomic E-state index is 12.5. The molecule has 1 spiro atoms. The molecule has 0 atom stereocenters. The monoisotopic (exact) mass is 373 g/mol. The lowest BCUT2D eigenvalue weighted by Gasteiger charge is -2.33. The van der Waals surface area contributed by atoms with E-state index < -0.39 is 23.7 Å². The Kier molecular flexibility index (Phi) is 4.35. The van der Waals surface area contributed by atoms with Gasteiger partial charge in [-0.2, -0.15) is 0 Å². The molecule has 0 amide bonds. The summed E-state index contributed by atoms with van der Waals surface area (Å²) in [5, 5.41) is 0. The highest BCUT2D eigenvalue weighted by molar-refractivity contribution is 5.98. The number of fused-ring (bicyclic) bond motifs is 1. The summed E-state index contributed by atoms with van der Waals surface area (Å²) in [5.41, 5.74) is 0.577. The fraction of sp³-hybridized carbons (Fsp3) is 0.421. The molecule has 3 heterocycles. The Labute approximate surface area is 155 Å². The number of piperidine rings is 1. The average molecular weight is 373 g/mol. The molecule has 3 aliphatic rings. The van der Waals surface area contributed by atoms with Crippen LogP contribution < -0.4 is 9.47 Å². The smallest absolute Gasteiger partial charge is 0.398 e. The molecule has 4 rings (SSSR count). The van der Waals surface area contributed by atoms with Gasteiger partial charge in [-0.05, 0) is 26.0 Å². The first-order valence-electron chi connectivity index (χ1n) is 8.78. The summed E-state index contributed by atoms with van der Waals surface area (Å²) in [4.78, 5) is 38.1. The third kappa shape index (κ3) is 3.52. The van der Waals surface area contributed by atoms with Gasteiger partial charge in [0.25, 0.3) is 0 Å². The summed E-state index contributed by atoms with van der Waals surface area (Å²) in [7, 11) is 2.08. The SMILES string of the molecule is CN1CCC(Oc2ccc3c(c2)OC(=O)C2(C3)OC(=O)C=CC(=O)O2)CC1. The molecule has 1 saturated heterocycles. The standard InChI is InChI=1S/C19H19NO7/c1-20-8-6-13(7-9-20)24-14-3-2-12-11-19(18(23)25-15(12)10-14)26-16(21)4-5-17(22)27-19/h2-5,10,13H,6-9,11H2,1H3. The van der Waals surface area contributed by atoms with Crippen LogP contribution in [-0.2, 0) is 30.3 Å². The van der Waals surface area contributed by atoms with Crippen molar-refractivity contribution in [1.29, 1.82) is 0 Å². The van der Waals surface area contributed by atoms with Gasteiger partial charge in [-0.3, -0.25) is 0 Å². The highest BCUT2D eigenvalue weighted by Gasteiger charge is 2.52. The fourth-order valence-electron chi connectivity index (χ4n) is 3.35. The van der Waals surface area contributed by atoms with Gasteiger partial charge in [0.15, 0.2) is 0 Å². The second-order valence-corrected chi connectivity index (χ2v) is 6.88. The van der Waals surface area contributed by atoms with Crippen molar-refractivity contribution in [1.82, 2.24) is 4.90 Å². The normalized spacial score (nSPS) is 22.5. The van der Waals surface area contributed by atoms with Gasteiger partial charge in [0.1, 0.15) is 17.6 Å². The minimum absolute atomic E-state index is 0.111. The Morgan fingerprint density at radius 2 is 1.74 bits per heavy atom. The number of hydrogen-bond acceptors (Lipinski definition) is 8. The third-order valence-electron chi connectivity index (χ3n) is 4.83. The first-order valence-corrected chi connectivity index (χ1v) is 8.78. The van der Waals surface area contributed by atoms with E-state index in [1.807, 2.05) is 0 Å². The minimum Gasteiger partial charge on any atom is -0.490 e. The molecule has 27 heavy (non-hydrogen) atoms. The van der Waals surface area contributed by atoms with Crippen LogP contribution in [0.3, 0.4) is 0 Å². The van der Waals surface area contributed by atoms with Gasteiger partial charge in [-0.15, -0.1) is 0 Å². The molecule has 0 saturated carbocycles. The lowest BCUT2D eigenvalue weighted by molar-refractivity contribution is -0.230. The van der Waals surface area contributed by atoms with E-state index >= 15 is 0 Å². The molecule has 0 unspecified atom stereocenters. The zero-order valence-electron chi connectivity index (χ0n) is 14.8. The second kappa shape index (κ2) is 6.70. The lowest BCUT2D eigenvalue weighted by Crippen LogP contribution is -2.52. The molecule has 0 N–H and O–H groups in total. The van der Waals surface area contributed by atoms with Crippen molar-refractivity contribution in [3.8, 4) is 11.5 Å². The molecule has 1 aromatic rings. The minimum atomic E-state index is -2.10. The Morgan fingerprint density at radius 1 is 1.07 bits per heavy atom. The molecule has 1 aromatic carbocycles. The number of likely N-dealkylation sites (tertiary alicyclic amines) is 1. The van der Waals surface area contributed by atoms with Crippen LogP contribution in [0, 0.1) is 0 Å². The number of nitrogens with zero attached hydrogens (tertiary/aromatic N) is 1. The number of esters is 3. The van der Waals surface area contributed by atoms with E-state index in [-0.39, 0.29) is 12.5 Å². The number of hydrogen-bond donors (Lipinski definition) is 0. The number of carbonyl (C=O) groups is 3. The van der Waals surface area contributed by atoms with Gasteiger partial charge in [0, 0.05) is 36.9 Å². The Hall–Kier alpha value is -2.87. The van der Waals surface area contributed by atoms with Crippen LogP contribution in [-0.4, -0.2) is 54.8 Å². The first-order chi connectivity index (χ1) is 12.9. The topological polar surface area (TPSA) is 91.4 Å². The van der Waals surface area contributed by atoms with Crippen molar-refractivity contribution in [3.63, 3.8) is 0 Å². The molecule has 8 nitrogen and oxygen atoms in total. The Morgan fingerprint density at radius 3 is 2.41 bits per heavy atom. The lowest BCUT2D eigenvalue weighted by atomic mass is 10.0. The van der Waals surface area contributed by atoms with E-state index in [4.69, 9.17) is 18.9 Å². The van der Waals surface area contributed by atoms with Crippen molar-refractivity contribution in [2.75, 3.05) is 20.1 Å². The summed E-state index contributed by atoms with van der Waals surface area (Å²) in [6.07, 6.45) is 3.68. The van der Waals surface area contributed by atoms with E-state index in [0.717, 1.165) is 38.1 Å². The predicted octanol–water partition coefficient (Wildman–Crippen LogP) is 0.974. The fourth-order valence-corrected chi connectivity index (χ4v) is 3.35. The predicted molar refractivity (Wildman–Crippen MR) is 91.0 cm³/mol. The van der Waals surface area contributed by atoms with E-state index in [2.05, 4.69) is 11.9 Å². The molecule has 1 fully saturated rings. The van der Waals surface area contributed by atoms with E-state index in [1.54, 1.807) is 18.2 Å². The van der Waals surface area contributed by atoms with Gasteiger partial charge in [-0.25, -0.2) is 14.4 Å². The zero-order chi connectivity index (χ0) is 19.0. The van der Waals surface area contributed by atoms with Crippen molar-refractivity contribution in [2.45, 2.75) is 31.2 Å². The number of benzene rings is 1. The van der Waals surface area contributed by atoms with Gasteiger partial charge >= 0.3 is 23.7 Å². The van der Waals surface area contributed by atoms with Gasteiger partial charge in [-0.1, -0.05) is 6.07 Å². The summed E-state index contributed by atoms with van der Waals surface area (Å²) in [5.74, 6) is -3.83. The van der Waals surface area contributed by atoms with E-state index in [1.165, 1.54) is 0 Å². The second-order valence-electron chi connectivity index (χ2n) is 6.88. The summed E-state index contributed by atoms with van der Waals surface area (Å²) >= 11 is 0. The number of ether oxygens (including phenoxy) is 4. The largest absolute Gasteiger partial charge is 0.490 e. The quantitative estimate of drug-likeness (QED) is 0.560. The highest BCUT2D eigenvalue weighted by Crippen LogP contribution is 2.37. The molecule has 8 heteroatoms. The number of rotatable bonds is 2. The van der Waals surface area contributed by atoms with Crippen molar-refractivity contribution in [2.24, 2.45) is 0 Å². The van der Waals surface area contributed by atoms with Crippen molar-refractivity contribution >= 4 is 17.9 Å². The maximum Gasteiger partial charge on any atom is 0.398 e. The first kappa shape index (κ1) is 17.5. The highest BCUT2D eigenvalue weighted by atomic mass is 16.8. The summed E-state index contributed by atoms with van der Waals surface area (Å²) < 4.78 is 21.4. The van der Waals surface area contributed by atoms with Gasteiger partial charge in [0.2, 0.25) is 0 Å².